The molecule has 5 nitrogen and oxygen atoms in total. The van der Waals surface area contributed by atoms with Crippen LogP contribution in [-0.4, -0.2) is 64.9 Å². The summed E-state index contributed by atoms with van der Waals surface area (Å²) < 4.78 is 0. The van der Waals surface area contributed by atoms with Crippen molar-refractivity contribution < 1.29 is 9.59 Å². The quantitative estimate of drug-likeness (QED) is 0.838. The molecule has 0 aromatic heterocycles. The normalized spacial score (nSPS) is 25.1. The van der Waals surface area contributed by atoms with Gasteiger partial charge in [0.2, 0.25) is 0 Å². The van der Waals surface area contributed by atoms with Crippen molar-refractivity contribution in [3.8, 4) is 0 Å². The van der Waals surface area contributed by atoms with Crippen LogP contribution in [0.5, 0.6) is 0 Å². The molecule has 3 aliphatic rings. The molecule has 2 saturated heterocycles. The third-order valence-electron chi connectivity index (χ3n) is 5.70. The summed E-state index contributed by atoms with van der Waals surface area (Å²) in [5, 5.41) is 0. The third kappa shape index (κ3) is 2.76. The second-order valence-electron chi connectivity index (χ2n) is 7.19. The molecule has 1 aliphatic carbocycles. The molecule has 3 amide bonds. The van der Waals surface area contributed by atoms with E-state index in [0.29, 0.717) is 25.7 Å². The lowest BCUT2D eigenvalue weighted by molar-refractivity contribution is 0.0617. The van der Waals surface area contributed by atoms with Crippen LogP contribution in [0.25, 0.3) is 0 Å². The van der Waals surface area contributed by atoms with Crippen LogP contribution in [0.15, 0.2) is 30.3 Å². The third-order valence-corrected chi connectivity index (χ3v) is 5.70. The van der Waals surface area contributed by atoms with Gasteiger partial charge in [-0.25, -0.2) is 4.79 Å². The molecule has 3 fully saturated rings. The van der Waals surface area contributed by atoms with E-state index >= 15 is 0 Å². The molecule has 0 unspecified atom stereocenters. The average Bonchev–Trinajstić information content (AvgIpc) is 2.99. The molecular formula is C19H25N3O2. The van der Waals surface area contributed by atoms with E-state index < -0.39 is 0 Å². The summed E-state index contributed by atoms with van der Waals surface area (Å²) in [6.45, 7) is 2.73. The first-order valence-corrected chi connectivity index (χ1v) is 9.15. The summed E-state index contributed by atoms with van der Waals surface area (Å²) >= 11 is 0. The number of rotatable bonds is 2. The summed E-state index contributed by atoms with van der Waals surface area (Å²) in [6, 6.07) is 10.2. The highest BCUT2D eigenvalue weighted by molar-refractivity contribution is 5.94. The summed E-state index contributed by atoms with van der Waals surface area (Å²) in [5.41, 5.74) is 0.736. The van der Waals surface area contributed by atoms with Crippen molar-refractivity contribution in [3.05, 3.63) is 35.9 Å². The van der Waals surface area contributed by atoms with Crippen LogP contribution in [0.4, 0.5) is 4.79 Å². The van der Waals surface area contributed by atoms with Crippen LogP contribution in [0.2, 0.25) is 0 Å². The first kappa shape index (κ1) is 15.5. The van der Waals surface area contributed by atoms with Crippen LogP contribution in [-0.2, 0) is 0 Å². The minimum Gasteiger partial charge on any atom is -0.335 e. The molecule has 2 heterocycles. The van der Waals surface area contributed by atoms with Gasteiger partial charge in [0.05, 0.1) is 6.04 Å². The van der Waals surface area contributed by atoms with E-state index in [1.165, 1.54) is 19.3 Å². The number of amides is 3. The van der Waals surface area contributed by atoms with Crippen molar-refractivity contribution in [2.45, 2.75) is 44.2 Å². The fourth-order valence-electron chi connectivity index (χ4n) is 4.38. The number of carbonyl (C=O) groups excluding carboxylic acids is 2. The van der Waals surface area contributed by atoms with E-state index in [0.717, 1.165) is 24.9 Å². The Morgan fingerprint density at radius 1 is 0.875 bits per heavy atom. The van der Waals surface area contributed by atoms with Crippen molar-refractivity contribution in [3.63, 3.8) is 0 Å². The van der Waals surface area contributed by atoms with Crippen molar-refractivity contribution >= 4 is 11.9 Å². The Kier molecular flexibility index (Phi) is 4.17. The zero-order valence-electron chi connectivity index (χ0n) is 14.1. The highest BCUT2D eigenvalue weighted by atomic mass is 16.2. The van der Waals surface area contributed by atoms with E-state index in [1.807, 2.05) is 40.1 Å². The molecule has 0 radical (unpaired) electrons. The SMILES string of the molecule is O=C(c1ccccc1)N1CCN2C(=O)N(C3CCCCC3)C[C@H]2C1. The number of hydrogen-bond acceptors (Lipinski definition) is 2. The second kappa shape index (κ2) is 6.46. The molecule has 1 aromatic rings. The molecule has 2 aliphatic heterocycles. The molecule has 4 rings (SSSR count). The lowest BCUT2D eigenvalue weighted by Gasteiger charge is -2.36. The summed E-state index contributed by atoms with van der Waals surface area (Å²) in [4.78, 5) is 31.4. The number of fused-ring (bicyclic) bond motifs is 1. The molecular weight excluding hydrogens is 302 g/mol. The van der Waals surface area contributed by atoms with E-state index in [1.54, 1.807) is 0 Å². The van der Waals surface area contributed by atoms with Gasteiger partial charge in [0.25, 0.3) is 5.91 Å². The fourth-order valence-corrected chi connectivity index (χ4v) is 4.38. The predicted octanol–water partition coefficient (Wildman–Crippen LogP) is 2.58. The van der Waals surface area contributed by atoms with Gasteiger partial charge >= 0.3 is 6.03 Å². The predicted molar refractivity (Wildman–Crippen MR) is 91.8 cm³/mol. The number of piperazine rings is 1. The summed E-state index contributed by atoms with van der Waals surface area (Å²) in [6.07, 6.45) is 6.04. The number of benzene rings is 1. The van der Waals surface area contributed by atoms with E-state index in [2.05, 4.69) is 4.90 Å². The fraction of sp³-hybridized carbons (Fsp3) is 0.579. The van der Waals surface area contributed by atoms with Crippen molar-refractivity contribution in [2.24, 2.45) is 0 Å². The molecule has 128 valence electrons. The smallest absolute Gasteiger partial charge is 0.320 e. The molecule has 1 saturated carbocycles. The minimum atomic E-state index is 0.0822. The maximum atomic E-state index is 12.7. The molecule has 0 bridgehead atoms. The summed E-state index contributed by atoms with van der Waals surface area (Å²) in [5.74, 6) is 0.0822. The van der Waals surface area contributed by atoms with Gasteiger partial charge in [0.15, 0.2) is 0 Å². The summed E-state index contributed by atoms with van der Waals surface area (Å²) in [7, 11) is 0. The van der Waals surface area contributed by atoms with Crippen molar-refractivity contribution in [2.75, 3.05) is 26.2 Å². The number of urea groups is 1. The Morgan fingerprint density at radius 3 is 2.38 bits per heavy atom. The van der Waals surface area contributed by atoms with Crippen LogP contribution >= 0.6 is 0 Å². The van der Waals surface area contributed by atoms with Gasteiger partial charge in [-0.15, -0.1) is 0 Å². The molecule has 0 N–H and O–H groups in total. The van der Waals surface area contributed by atoms with Gasteiger partial charge in [-0.1, -0.05) is 37.5 Å². The van der Waals surface area contributed by atoms with Gasteiger partial charge in [-0.3, -0.25) is 4.79 Å². The van der Waals surface area contributed by atoms with E-state index in [-0.39, 0.29) is 18.0 Å². The van der Waals surface area contributed by atoms with Gasteiger partial charge in [0.1, 0.15) is 0 Å². The van der Waals surface area contributed by atoms with Gasteiger partial charge < -0.3 is 14.7 Å². The Labute approximate surface area is 143 Å². The van der Waals surface area contributed by atoms with E-state index in [4.69, 9.17) is 0 Å². The molecule has 0 spiro atoms. The first-order valence-electron chi connectivity index (χ1n) is 9.15. The monoisotopic (exact) mass is 327 g/mol. The van der Waals surface area contributed by atoms with Crippen LogP contribution < -0.4 is 0 Å². The van der Waals surface area contributed by atoms with Gasteiger partial charge in [-0.05, 0) is 25.0 Å². The lowest BCUT2D eigenvalue weighted by atomic mass is 9.94. The van der Waals surface area contributed by atoms with Crippen molar-refractivity contribution in [1.29, 1.82) is 0 Å². The molecule has 1 atom stereocenters. The van der Waals surface area contributed by atoms with E-state index in [9.17, 15) is 9.59 Å². The van der Waals surface area contributed by atoms with Crippen LogP contribution in [0, 0.1) is 0 Å². The zero-order valence-corrected chi connectivity index (χ0v) is 14.1. The van der Waals surface area contributed by atoms with Crippen LogP contribution in [0.3, 0.4) is 0 Å². The molecule has 5 heteroatoms. The highest BCUT2D eigenvalue weighted by Crippen LogP contribution is 2.29. The van der Waals surface area contributed by atoms with Crippen molar-refractivity contribution in [1.82, 2.24) is 14.7 Å². The molecule has 24 heavy (non-hydrogen) atoms. The minimum absolute atomic E-state index is 0.0822. The molecule has 1 aromatic carbocycles. The maximum Gasteiger partial charge on any atom is 0.320 e. The maximum absolute atomic E-state index is 12.7. The van der Waals surface area contributed by atoms with Crippen LogP contribution in [0.1, 0.15) is 42.5 Å². The Hall–Kier alpha value is -2.04. The Bertz CT molecular complexity index is 612. The second-order valence-corrected chi connectivity index (χ2v) is 7.19. The number of carbonyl (C=O) groups is 2. The first-order chi connectivity index (χ1) is 11.7. The number of hydrogen-bond donors (Lipinski definition) is 0. The largest absolute Gasteiger partial charge is 0.335 e. The lowest BCUT2D eigenvalue weighted by Crippen LogP contribution is -2.53. The Balaban J connectivity index is 1.44. The van der Waals surface area contributed by atoms with Gasteiger partial charge in [-0.2, -0.15) is 0 Å². The Morgan fingerprint density at radius 2 is 1.62 bits per heavy atom. The highest BCUT2D eigenvalue weighted by Gasteiger charge is 2.44. The topological polar surface area (TPSA) is 43.9 Å². The zero-order chi connectivity index (χ0) is 16.5. The van der Waals surface area contributed by atoms with Gasteiger partial charge in [0, 0.05) is 37.8 Å². The standard InChI is InChI=1S/C19H25N3O2/c23-18(15-7-3-1-4-8-15)20-11-12-21-17(13-20)14-22(19(21)24)16-9-5-2-6-10-16/h1,3-4,7-8,16-17H,2,5-6,9-14H2/t17-/m1/s1. The number of nitrogens with zero attached hydrogens (tertiary/aromatic N) is 3. The average molecular weight is 327 g/mol.